The van der Waals surface area contributed by atoms with E-state index >= 15 is 0 Å². The van der Waals surface area contributed by atoms with E-state index in [1.165, 1.54) is 0 Å². The molecule has 0 aliphatic rings. The Balaban J connectivity index is 0. The molecule has 0 nitrogen and oxygen atoms in total. The summed E-state index contributed by atoms with van der Waals surface area (Å²) in [4.78, 5) is 0. The van der Waals surface area contributed by atoms with Crippen molar-refractivity contribution in [2.45, 2.75) is 0 Å². The van der Waals surface area contributed by atoms with Gasteiger partial charge in [0.25, 0.3) is 0 Å². The summed E-state index contributed by atoms with van der Waals surface area (Å²) in [6.45, 7) is 0. The zero-order valence-electron chi connectivity index (χ0n) is 1.22. The second-order valence-electron chi connectivity index (χ2n) is 0. The van der Waals surface area contributed by atoms with Gasteiger partial charge in [-0.3, -0.25) is 0 Å². The van der Waals surface area contributed by atoms with Crippen molar-refractivity contribution in [3.63, 3.8) is 0 Å². The van der Waals surface area contributed by atoms with Crippen LogP contribution in [0.2, 0.25) is 0 Å². The molecule has 0 aromatic rings. The molecule has 0 saturated carbocycles. The molecule has 0 atom stereocenters. The zero-order valence-corrected chi connectivity index (χ0v) is 3.67. The molecule has 0 saturated heterocycles. The van der Waals surface area contributed by atoms with Crippen LogP contribution in [0.4, 0.5) is 0 Å². The fourth-order valence-corrected chi connectivity index (χ4v) is 0. The maximum absolute atomic E-state index is 0. The fraction of sp³-hybridized carbons (Fsp3) is 0. The molecule has 5 heavy (non-hydrogen) atoms. The predicted octanol–water partition coefficient (Wildman–Crippen LogP) is -0.299. The Morgan fingerprint density at radius 2 is 0.600 bits per heavy atom. The Morgan fingerprint density at radius 1 is 0.600 bits per heavy atom. The van der Waals surface area contributed by atoms with E-state index in [1.807, 2.05) is 0 Å². The van der Waals surface area contributed by atoms with E-state index in [2.05, 4.69) is 0 Å². The summed E-state index contributed by atoms with van der Waals surface area (Å²) in [5.74, 6) is 0. The number of halogens is 3. The van der Waals surface area contributed by atoms with Gasteiger partial charge in [-0.25, -0.2) is 0 Å². The predicted molar refractivity (Wildman–Crippen MR) is 37.4 cm³/mol. The Kier molecular flexibility index (Phi) is 218. The topological polar surface area (TPSA) is 0 Å². The standard InChI is InChI=1S/3ClH.K.Mg.3H/h3*1H;;;;;. The molecule has 0 unspecified atom stereocenters. The van der Waals surface area contributed by atoms with Gasteiger partial charge in [0.05, 0.1) is 0 Å². The van der Waals surface area contributed by atoms with Crippen molar-refractivity contribution >= 4 is 112 Å². The summed E-state index contributed by atoms with van der Waals surface area (Å²) in [5.41, 5.74) is 0. The largest absolute Gasteiger partial charge is 0.316 e. The molecular weight excluding hydrogens is 170 g/mol. The molecule has 0 heterocycles. The molecule has 0 spiro atoms. The molecule has 0 aliphatic heterocycles. The van der Waals surface area contributed by atoms with Crippen LogP contribution in [0.1, 0.15) is 0 Å². The third kappa shape index (κ3) is 18.9. The smallest absolute Gasteiger partial charge is 0.316 e. The van der Waals surface area contributed by atoms with Crippen LogP contribution >= 0.6 is 37.2 Å². The first-order valence-corrected chi connectivity index (χ1v) is 0. The SMILES string of the molecule is Cl.Cl.Cl.[KH].[MgH2]. The van der Waals surface area contributed by atoms with Crippen molar-refractivity contribution in [2.24, 2.45) is 0 Å². The Hall–Kier alpha value is 3.27. The van der Waals surface area contributed by atoms with E-state index < -0.39 is 0 Å². The maximum Gasteiger partial charge on any atom is 0.316 e. The Morgan fingerprint density at radius 3 is 0.600 bits per heavy atom. The average molecular weight is 176 g/mol. The van der Waals surface area contributed by atoms with Crippen molar-refractivity contribution in [3.05, 3.63) is 0 Å². The van der Waals surface area contributed by atoms with E-state index in [0.717, 1.165) is 0 Å². The molecule has 0 amide bonds. The molecule has 0 aliphatic carbocycles. The summed E-state index contributed by atoms with van der Waals surface area (Å²) in [7, 11) is 0. The van der Waals surface area contributed by atoms with Crippen molar-refractivity contribution in [1.82, 2.24) is 0 Å². The third-order valence-corrected chi connectivity index (χ3v) is 0. The number of hydrogen-bond donors (Lipinski definition) is 0. The van der Waals surface area contributed by atoms with E-state index in [-0.39, 0.29) is 112 Å². The average Bonchev–Trinajstić information content (AvgIpc) is 0. The molecule has 0 bridgehead atoms. The van der Waals surface area contributed by atoms with Crippen LogP contribution in [0.3, 0.4) is 0 Å². The normalized spacial score (nSPS) is 0. The first-order chi connectivity index (χ1) is 0. The molecular formula is H6Cl3KMg. The zero-order chi connectivity index (χ0) is 0. The van der Waals surface area contributed by atoms with Crippen LogP contribution in [0.25, 0.3) is 0 Å². The van der Waals surface area contributed by atoms with Gasteiger partial charge >= 0.3 is 74.4 Å². The molecule has 5 heteroatoms. The van der Waals surface area contributed by atoms with Crippen molar-refractivity contribution in [3.8, 4) is 0 Å². The van der Waals surface area contributed by atoms with Gasteiger partial charge in [0.15, 0.2) is 0 Å². The Labute approximate surface area is 109 Å². The molecule has 0 aromatic heterocycles. The third-order valence-electron chi connectivity index (χ3n) is 0. The summed E-state index contributed by atoms with van der Waals surface area (Å²) in [5, 5.41) is 0. The van der Waals surface area contributed by atoms with Crippen molar-refractivity contribution < 1.29 is 0 Å². The van der Waals surface area contributed by atoms with Gasteiger partial charge in [-0.1, -0.05) is 0 Å². The fourth-order valence-electron chi connectivity index (χ4n) is 0. The van der Waals surface area contributed by atoms with Gasteiger partial charge in [-0.05, 0) is 0 Å². The summed E-state index contributed by atoms with van der Waals surface area (Å²) >= 11 is 0. The van der Waals surface area contributed by atoms with Crippen LogP contribution in [0.15, 0.2) is 0 Å². The maximum atomic E-state index is 0. The van der Waals surface area contributed by atoms with Crippen molar-refractivity contribution in [2.75, 3.05) is 0 Å². The Bertz CT molecular complexity index is 6.85. The van der Waals surface area contributed by atoms with Crippen LogP contribution in [-0.4, -0.2) is 74.4 Å². The minimum atomic E-state index is 0. The first-order valence-electron chi connectivity index (χ1n) is 0. The van der Waals surface area contributed by atoms with Gasteiger partial charge in [-0.15, -0.1) is 37.2 Å². The minimum absolute atomic E-state index is 0. The minimum Gasteiger partial charge on any atom is 0.316 e. The second-order valence-corrected chi connectivity index (χ2v) is 0. The van der Waals surface area contributed by atoms with E-state index in [4.69, 9.17) is 0 Å². The van der Waals surface area contributed by atoms with Crippen LogP contribution < -0.4 is 0 Å². The molecule has 0 fully saturated rings. The van der Waals surface area contributed by atoms with Gasteiger partial charge in [0.2, 0.25) is 0 Å². The molecule has 0 aromatic carbocycles. The summed E-state index contributed by atoms with van der Waals surface area (Å²) in [6, 6.07) is 0. The van der Waals surface area contributed by atoms with E-state index in [0.29, 0.717) is 0 Å². The van der Waals surface area contributed by atoms with Gasteiger partial charge in [0, 0.05) is 0 Å². The van der Waals surface area contributed by atoms with Crippen molar-refractivity contribution in [1.29, 1.82) is 0 Å². The molecule has 0 rings (SSSR count). The van der Waals surface area contributed by atoms with Gasteiger partial charge < -0.3 is 0 Å². The van der Waals surface area contributed by atoms with E-state index in [1.54, 1.807) is 0 Å². The van der Waals surface area contributed by atoms with Crippen LogP contribution in [0.5, 0.6) is 0 Å². The van der Waals surface area contributed by atoms with E-state index in [9.17, 15) is 0 Å². The summed E-state index contributed by atoms with van der Waals surface area (Å²) in [6.07, 6.45) is 0. The monoisotopic (exact) mass is 174 g/mol. The molecule has 0 radical (unpaired) electrons. The van der Waals surface area contributed by atoms with Crippen LogP contribution in [-0.2, 0) is 0 Å². The second kappa shape index (κ2) is 26.7. The number of rotatable bonds is 0. The van der Waals surface area contributed by atoms with Crippen LogP contribution in [0, 0.1) is 0 Å². The first kappa shape index (κ1) is 40.9. The molecule has 30 valence electrons. The summed E-state index contributed by atoms with van der Waals surface area (Å²) < 4.78 is 0. The quantitative estimate of drug-likeness (QED) is 0.444. The number of hydrogen-bond acceptors (Lipinski definition) is 0. The van der Waals surface area contributed by atoms with Gasteiger partial charge in [-0.2, -0.15) is 0 Å². The molecule has 0 N–H and O–H groups in total. The van der Waals surface area contributed by atoms with Gasteiger partial charge in [0.1, 0.15) is 0 Å².